The Morgan fingerprint density at radius 1 is 1.03 bits per heavy atom. The smallest absolute Gasteiger partial charge is 0.251 e. The minimum Gasteiger partial charge on any atom is -0.497 e. The van der Waals surface area contributed by atoms with Crippen LogP contribution in [0.15, 0.2) is 53.7 Å². The van der Waals surface area contributed by atoms with E-state index < -0.39 is 0 Å². The fourth-order valence-electron chi connectivity index (χ4n) is 2.75. The standard InChI is InChI=1S/C22H26N4O3S/c1-5-15(2)30-22-25-24-20(26(22)17-8-12-19(29-4)13-9-17)14-23-21(27)16-6-10-18(28-3)11-7-16/h6-13,15H,5,14H2,1-4H3,(H,23,27)/t15-/m0/s1. The number of nitrogens with one attached hydrogen (secondary N) is 1. The maximum absolute atomic E-state index is 12.5. The van der Waals surface area contributed by atoms with Gasteiger partial charge in [0, 0.05) is 16.5 Å². The number of rotatable bonds is 9. The molecule has 158 valence electrons. The second-order valence-corrected chi connectivity index (χ2v) is 8.09. The highest BCUT2D eigenvalue weighted by atomic mass is 32.2. The Morgan fingerprint density at radius 2 is 1.63 bits per heavy atom. The van der Waals surface area contributed by atoms with E-state index in [0.717, 1.165) is 23.0 Å². The molecule has 8 heteroatoms. The van der Waals surface area contributed by atoms with E-state index in [4.69, 9.17) is 9.47 Å². The van der Waals surface area contributed by atoms with Crippen LogP contribution in [0, 0.1) is 0 Å². The van der Waals surface area contributed by atoms with Crippen LogP contribution in [0.3, 0.4) is 0 Å². The van der Waals surface area contributed by atoms with Gasteiger partial charge < -0.3 is 14.8 Å². The summed E-state index contributed by atoms with van der Waals surface area (Å²) < 4.78 is 12.4. The monoisotopic (exact) mass is 426 g/mol. The van der Waals surface area contributed by atoms with E-state index in [1.807, 2.05) is 28.8 Å². The second kappa shape index (κ2) is 10.2. The molecule has 3 rings (SSSR count). The van der Waals surface area contributed by atoms with Gasteiger partial charge in [-0.25, -0.2) is 0 Å². The first-order valence-electron chi connectivity index (χ1n) is 9.73. The van der Waals surface area contributed by atoms with E-state index in [1.165, 1.54) is 0 Å². The molecule has 3 aromatic rings. The molecule has 2 aromatic carbocycles. The summed E-state index contributed by atoms with van der Waals surface area (Å²) in [5.74, 6) is 1.96. The van der Waals surface area contributed by atoms with Crippen molar-refractivity contribution in [3.63, 3.8) is 0 Å². The number of carbonyl (C=O) groups excluding carboxylic acids is 1. The van der Waals surface area contributed by atoms with Crippen molar-refractivity contribution in [2.24, 2.45) is 0 Å². The molecule has 0 fully saturated rings. The van der Waals surface area contributed by atoms with Crippen molar-refractivity contribution in [3.05, 3.63) is 59.9 Å². The number of amides is 1. The van der Waals surface area contributed by atoms with Crippen molar-refractivity contribution in [1.29, 1.82) is 0 Å². The molecule has 1 heterocycles. The van der Waals surface area contributed by atoms with Crippen LogP contribution in [-0.2, 0) is 6.54 Å². The summed E-state index contributed by atoms with van der Waals surface area (Å²) in [7, 11) is 3.23. The molecule has 1 amide bonds. The molecule has 0 saturated carbocycles. The second-order valence-electron chi connectivity index (χ2n) is 6.68. The van der Waals surface area contributed by atoms with Crippen LogP contribution in [0.2, 0.25) is 0 Å². The third-order valence-corrected chi connectivity index (χ3v) is 5.88. The van der Waals surface area contributed by atoms with E-state index in [-0.39, 0.29) is 12.5 Å². The van der Waals surface area contributed by atoms with Crippen LogP contribution in [0.1, 0.15) is 36.5 Å². The van der Waals surface area contributed by atoms with Crippen LogP contribution < -0.4 is 14.8 Å². The average Bonchev–Trinajstić information content (AvgIpc) is 3.19. The number of hydrogen-bond acceptors (Lipinski definition) is 6. The molecule has 1 N–H and O–H groups in total. The van der Waals surface area contributed by atoms with Gasteiger partial charge in [0.1, 0.15) is 11.5 Å². The quantitative estimate of drug-likeness (QED) is 0.519. The number of hydrogen-bond donors (Lipinski definition) is 1. The van der Waals surface area contributed by atoms with Crippen LogP contribution in [-0.4, -0.2) is 40.1 Å². The van der Waals surface area contributed by atoms with E-state index in [9.17, 15) is 4.79 Å². The molecule has 0 aliphatic carbocycles. The van der Waals surface area contributed by atoms with Gasteiger partial charge in [0.05, 0.1) is 20.8 Å². The zero-order valence-electron chi connectivity index (χ0n) is 17.6. The summed E-state index contributed by atoms with van der Waals surface area (Å²) in [4.78, 5) is 12.5. The average molecular weight is 427 g/mol. The van der Waals surface area contributed by atoms with Gasteiger partial charge >= 0.3 is 0 Å². The Labute approximate surface area is 180 Å². The van der Waals surface area contributed by atoms with Crippen LogP contribution >= 0.6 is 11.8 Å². The third kappa shape index (κ3) is 5.13. The van der Waals surface area contributed by atoms with Gasteiger partial charge in [-0.1, -0.05) is 25.6 Å². The van der Waals surface area contributed by atoms with Crippen LogP contribution in [0.4, 0.5) is 0 Å². The third-order valence-electron chi connectivity index (χ3n) is 4.67. The highest BCUT2D eigenvalue weighted by Crippen LogP contribution is 2.28. The number of methoxy groups -OCH3 is 2. The zero-order valence-corrected chi connectivity index (χ0v) is 18.4. The van der Waals surface area contributed by atoms with Crippen molar-refractivity contribution in [1.82, 2.24) is 20.1 Å². The molecule has 7 nitrogen and oxygen atoms in total. The molecule has 0 aliphatic rings. The van der Waals surface area contributed by atoms with Gasteiger partial charge in [-0.2, -0.15) is 0 Å². The molecule has 0 unspecified atom stereocenters. The van der Waals surface area contributed by atoms with Crippen LogP contribution in [0.5, 0.6) is 11.5 Å². The minimum absolute atomic E-state index is 0.182. The fraction of sp³-hybridized carbons (Fsp3) is 0.318. The summed E-state index contributed by atoms with van der Waals surface area (Å²) in [5.41, 5.74) is 1.47. The number of thioether (sulfide) groups is 1. The number of carbonyl (C=O) groups is 1. The largest absolute Gasteiger partial charge is 0.497 e. The van der Waals surface area contributed by atoms with Gasteiger partial charge in [-0.05, 0) is 55.0 Å². The zero-order chi connectivity index (χ0) is 21.5. The predicted octanol–water partition coefficient (Wildman–Crippen LogP) is 4.11. The van der Waals surface area contributed by atoms with Crippen LogP contribution in [0.25, 0.3) is 5.69 Å². The van der Waals surface area contributed by atoms with E-state index in [0.29, 0.717) is 22.4 Å². The lowest BCUT2D eigenvalue weighted by Gasteiger charge is -2.13. The topological polar surface area (TPSA) is 78.3 Å². The summed E-state index contributed by atoms with van der Waals surface area (Å²) in [6.07, 6.45) is 1.02. The first-order chi connectivity index (χ1) is 14.5. The highest BCUT2D eigenvalue weighted by molar-refractivity contribution is 7.99. The van der Waals surface area contributed by atoms with Crippen molar-refractivity contribution in [3.8, 4) is 17.2 Å². The Balaban J connectivity index is 1.82. The van der Waals surface area contributed by atoms with Crippen molar-refractivity contribution in [2.45, 2.75) is 37.2 Å². The van der Waals surface area contributed by atoms with E-state index in [1.54, 1.807) is 50.2 Å². The Bertz CT molecular complexity index is 971. The molecule has 0 aliphatic heterocycles. The fourth-order valence-corrected chi connectivity index (χ4v) is 3.68. The molecule has 1 atom stereocenters. The van der Waals surface area contributed by atoms with Gasteiger partial charge in [0.2, 0.25) is 0 Å². The molecular weight excluding hydrogens is 400 g/mol. The highest BCUT2D eigenvalue weighted by Gasteiger charge is 2.17. The Hall–Kier alpha value is -3.00. The summed E-state index contributed by atoms with van der Waals surface area (Å²) in [6, 6.07) is 14.7. The lowest BCUT2D eigenvalue weighted by Crippen LogP contribution is -2.24. The number of nitrogens with zero attached hydrogens (tertiary/aromatic N) is 3. The lowest BCUT2D eigenvalue weighted by atomic mass is 10.2. The number of benzene rings is 2. The number of aromatic nitrogens is 3. The number of ether oxygens (including phenoxy) is 2. The maximum Gasteiger partial charge on any atom is 0.251 e. The molecule has 1 aromatic heterocycles. The van der Waals surface area contributed by atoms with Gasteiger partial charge in [-0.15, -0.1) is 10.2 Å². The van der Waals surface area contributed by atoms with Crippen molar-refractivity contribution >= 4 is 17.7 Å². The Morgan fingerprint density at radius 3 is 2.20 bits per heavy atom. The molecule has 0 bridgehead atoms. The normalized spacial score (nSPS) is 11.7. The molecular formula is C22H26N4O3S. The minimum atomic E-state index is -0.182. The molecule has 0 spiro atoms. The maximum atomic E-state index is 12.5. The summed E-state index contributed by atoms with van der Waals surface area (Å²) >= 11 is 1.66. The van der Waals surface area contributed by atoms with Gasteiger partial charge in [-0.3, -0.25) is 9.36 Å². The molecule has 0 radical (unpaired) electrons. The van der Waals surface area contributed by atoms with E-state index >= 15 is 0 Å². The molecule has 30 heavy (non-hydrogen) atoms. The van der Waals surface area contributed by atoms with E-state index in [2.05, 4.69) is 29.4 Å². The first-order valence-corrected chi connectivity index (χ1v) is 10.6. The summed E-state index contributed by atoms with van der Waals surface area (Å²) in [6.45, 7) is 4.55. The predicted molar refractivity (Wildman–Crippen MR) is 118 cm³/mol. The Kier molecular flexibility index (Phi) is 7.35. The van der Waals surface area contributed by atoms with Gasteiger partial charge in [0.25, 0.3) is 5.91 Å². The first kappa shape index (κ1) is 21.7. The SMILES string of the molecule is CC[C@H](C)Sc1nnc(CNC(=O)c2ccc(OC)cc2)n1-c1ccc(OC)cc1. The van der Waals surface area contributed by atoms with Crippen molar-refractivity contribution in [2.75, 3.05) is 14.2 Å². The van der Waals surface area contributed by atoms with Crippen molar-refractivity contribution < 1.29 is 14.3 Å². The molecule has 0 saturated heterocycles. The van der Waals surface area contributed by atoms with Gasteiger partial charge in [0.15, 0.2) is 11.0 Å². The summed E-state index contributed by atoms with van der Waals surface area (Å²) in [5, 5.41) is 12.8. The lowest BCUT2D eigenvalue weighted by molar-refractivity contribution is 0.0949.